The van der Waals surface area contributed by atoms with Crippen LogP contribution in [0.1, 0.15) is 11.4 Å². The molecular weight excluding hydrogens is 400 g/mol. The van der Waals surface area contributed by atoms with Crippen LogP contribution in [0.15, 0.2) is 71.5 Å². The number of hydrogen-bond donors (Lipinski definition) is 0. The van der Waals surface area contributed by atoms with Crippen molar-refractivity contribution in [2.45, 2.75) is 0 Å². The van der Waals surface area contributed by atoms with Gasteiger partial charge in [0.05, 0.1) is 30.8 Å². The Morgan fingerprint density at radius 1 is 0.933 bits per heavy atom. The molecule has 1 heterocycles. The molecule has 0 saturated heterocycles. The van der Waals surface area contributed by atoms with Crippen LogP contribution in [-0.2, 0) is 0 Å². The third-order valence-corrected chi connectivity index (χ3v) is 4.95. The van der Waals surface area contributed by atoms with Crippen LogP contribution in [0.4, 0.5) is 0 Å². The van der Waals surface area contributed by atoms with Crippen LogP contribution in [-0.4, -0.2) is 23.8 Å². The molecule has 1 aromatic heterocycles. The van der Waals surface area contributed by atoms with E-state index in [1.54, 1.807) is 49.1 Å². The maximum absolute atomic E-state index is 13.3. The molecule has 6 heteroatoms. The van der Waals surface area contributed by atoms with E-state index in [9.17, 15) is 4.79 Å². The molecule has 0 aliphatic carbocycles. The van der Waals surface area contributed by atoms with E-state index in [-0.39, 0.29) is 5.56 Å². The fourth-order valence-corrected chi connectivity index (χ4v) is 3.52. The lowest BCUT2D eigenvalue weighted by atomic mass is 10.1. The highest BCUT2D eigenvalue weighted by Gasteiger charge is 2.12. The summed E-state index contributed by atoms with van der Waals surface area (Å²) in [4.78, 5) is 18.0. The van der Waals surface area contributed by atoms with Gasteiger partial charge in [-0.1, -0.05) is 41.9 Å². The summed E-state index contributed by atoms with van der Waals surface area (Å²) in [7, 11) is 3.18. The lowest BCUT2D eigenvalue weighted by Gasteiger charge is -2.12. The second-order valence-corrected chi connectivity index (χ2v) is 6.96. The van der Waals surface area contributed by atoms with Gasteiger partial charge in [0.2, 0.25) is 0 Å². The molecular formula is C24H19ClN2O3. The van der Waals surface area contributed by atoms with Gasteiger partial charge in [0.1, 0.15) is 5.82 Å². The van der Waals surface area contributed by atoms with Gasteiger partial charge in [-0.15, -0.1) is 0 Å². The Hall–Kier alpha value is -3.57. The van der Waals surface area contributed by atoms with Gasteiger partial charge >= 0.3 is 0 Å². The summed E-state index contributed by atoms with van der Waals surface area (Å²) in [5.74, 6) is 1.71. The molecule has 0 saturated carbocycles. The summed E-state index contributed by atoms with van der Waals surface area (Å²) in [6.45, 7) is 0. The van der Waals surface area contributed by atoms with Gasteiger partial charge in [0, 0.05) is 10.6 Å². The minimum absolute atomic E-state index is 0.167. The van der Waals surface area contributed by atoms with Gasteiger partial charge < -0.3 is 9.47 Å². The summed E-state index contributed by atoms with van der Waals surface area (Å²) in [5, 5.41) is 1.07. The predicted molar refractivity (Wildman–Crippen MR) is 121 cm³/mol. The molecule has 0 unspecified atom stereocenters. The summed E-state index contributed by atoms with van der Waals surface area (Å²) in [6.07, 6.45) is 3.63. The Morgan fingerprint density at radius 3 is 2.50 bits per heavy atom. The number of nitrogens with zero attached hydrogens (tertiary/aromatic N) is 2. The Bertz CT molecular complexity index is 1310. The standard InChI is InChI=1S/C24H19ClN2O3/c1-29-21-12-5-7-16(23(21)30-2)13-14-22-26-20-11-4-3-10-19(20)24(28)27(22)18-9-6-8-17(25)15-18/h3-15H,1-2H3. The molecule has 30 heavy (non-hydrogen) atoms. The zero-order chi connectivity index (χ0) is 21.1. The minimum Gasteiger partial charge on any atom is -0.493 e. The highest BCUT2D eigenvalue weighted by atomic mass is 35.5. The number of rotatable bonds is 5. The van der Waals surface area contributed by atoms with Crippen molar-refractivity contribution in [2.24, 2.45) is 0 Å². The monoisotopic (exact) mass is 418 g/mol. The van der Waals surface area contributed by atoms with Crippen LogP contribution in [0.25, 0.3) is 28.7 Å². The number of para-hydroxylation sites is 2. The zero-order valence-electron chi connectivity index (χ0n) is 16.5. The normalized spacial score (nSPS) is 11.2. The molecule has 0 aliphatic heterocycles. The molecule has 0 spiro atoms. The number of benzene rings is 3. The Morgan fingerprint density at radius 2 is 1.73 bits per heavy atom. The first-order chi connectivity index (χ1) is 14.6. The average molecular weight is 419 g/mol. The molecule has 0 radical (unpaired) electrons. The van der Waals surface area contributed by atoms with E-state index in [4.69, 9.17) is 26.1 Å². The van der Waals surface area contributed by atoms with Crippen molar-refractivity contribution < 1.29 is 9.47 Å². The maximum Gasteiger partial charge on any atom is 0.266 e. The number of hydrogen-bond acceptors (Lipinski definition) is 4. The van der Waals surface area contributed by atoms with Crippen LogP contribution < -0.4 is 15.0 Å². The molecule has 0 atom stereocenters. The van der Waals surface area contributed by atoms with Gasteiger partial charge in [-0.25, -0.2) is 4.98 Å². The van der Waals surface area contributed by atoms with Crippen LogP contribution >= 0.6 is 11.6 Å². The van der Waals surface area contributed by atoms with Gasteiger partial charge in [-0.2, -0.15) is 0 Å². The second kappa shape index (κ2) is 8.43. The van der Waals surface area contributed by atoms with E-state index >= 15 is 0 Å². The Balaban J connectivity index is 1.94. The Kier molecular flexibility index (Phi) is 5.55. The molecule has 3 aromatic carbocycles. The minimum atomic E-state index is -0.167. The average Bonchev–Trinajstić information content (AvgIpc) is 2.77. The summed E-state index contributed by atoms with van der Waals surface area (Å²) in [6, 6.07) is 20.0. The van der Waals surface area contributed by atoms with Crippen molar-refractivity contribution in [1.29, 1.82) is 0 Å². The lowest BCUT2D eigenvalue weighted by Crippen LogP contribution is -2.22. The molecule has 0 N–H and O–H groups in total. The lowest BCUT2D eigenvalue weighted by molar-refractivity contribution is 0.354. The summed E-state index contributed by atoms with van der Waals surface area (Å²) < 4.78 is 12.4. The predicted octanol–water partition coefficient (Wildman–Crippen LogP) is 5.23. The highest BCUT2D eigenvalue weighted by molar-refractivity contribution is 6.30. The van der Waals surface area contributed by atoms with Crippen LogP contribution in [0.3, 0.4) is 0 Å². The van der Waals surface area contributed by atoms with Gasteiger partial charge in [0.25, 0.3) is 5.56 Å². The summed E-state index contributed by atoms with van der Waals surface area (Å²) in [5.41, 5.74) is 1.90. The van der Waals surface area contributed by atoms with Gasteiger partial charge in [-0.05, 0) is 48.6 Å². The SMILES string of the molecule is COc1cccc(C=Cc2nc3ccccc3c(=O)n2-c2cccc(Cl)c2)c1OC. The van der Waals surface area contributed by atoms with Crippen LogP contribution in [0, 0.1) is 0 Å². The number of fused-ring (bicyclic) bond motifs is 1. The number of methoxy groups -OCH3 is 2. The van der Waals surface area contributed by atoms with Crippen LogP contribution in [0.5, 0.6) is 11.5 Å². The number of ether oxygens (including phenoxy) is 2. The van der Waals surface area contributed by atoms with Crippen molar-refractivity contribution in [3.63, 3.8) is 0 Å². The number of halogens is 1. The number of aromatic nitrogens is 2. The zero-order valence-corrected chi connectivity index (χ0v) is 17.3. The molecule has 0 aliphatic rings. The fourth-order valence-electron chi connectivity index (χ4n) is 3.33. The van der Waals surface area contributed by atoms with E-state index in [0.717, 1.165) is 5.56 Å². The maximum atomic E-state index is 13.3. The first-order valence-corrected chi connectivity index (χ1v) is 9.67. The fraction of sp³-hybridized carbons (Fsp3) is 0.0833. The van der Waals surface area contributed by atoms with E-state index in [2.05, 4.69) is 0 Å². The topological polar surface area (TPSA) is 53.3 Å². The summed E-state index contributed by atoms with van der Waals surface area (Å²) >= 11 is 6.18. The first kappa shape index (κ1) is 19.7. The van der Waals surface area contributed by atoms with E-state index in [1.165, 1.54) is 0 Å². The van der Waals surface area contributed by atoms with E-state index in [1.807, 2.05) is 48.5 Å². The quantitative estimate of drug-likeness (QED) is 0.445. The molecule has 150 valence electrons. The third kappa shape index (κ3) is 3.67. The highest BCUT2D eigenvalue weighted by Crippen LogP contribution is 2.32. The molecule has 4 rings (SSSR count). The smallest absolute Gasteiger partial charge is 0.266 e. The third-order valence-electron chi connectivity index (χ3n) is 4.71. The molecule has 0 bridgehead atoms. The second-order valence-electron chi connectivity index (χ2n) is 6.52. The van der Waals surface area contributed by atoms with Crippen molar-refractivity contribution >= 4 is 34.7 Å². The van der Waals surface area contributed by atoms with Crippen molar-refractivity contribution in [2.75, 3.05) is 14.2 Å². The van der Waals surface area contributed by atoms with Gasteiger partial charge in [0.15, 0.2) is 11.5 Å². The van der Waals surface area contributed by atoms with E-state index < -0.39 is 0 Å². The van der Waals surface area contributed by atoms with Crippen molar-refractivity contribution in [3.8, 4) is 17.2 Å². The molecule has 0 amide bonds. The van der Waals surface area contributed by atoms with Gasteiger partial charge in [-0.3, -0.25) is 9.36 Å². The van der Waals surface area contributed by atoms with Crippen LogP contribution in [0.2, 0.25) is 5.02 Å². The Labute approximate surface area is 178 Å². The molecule has 4 aromatic rings. The van der Waals surface area contributed by atoms with Crippen molar-refractivity contribution in [3.05, 3.63) is 93.5 Å². The largest absolute Gasteiger partial charge is 0.493 e. The van der Waals surface area contributed by atoms with Crippen molar-refractivity contribution in [1.82, 2.24) is 9.55 Å². The first-order valence-electron chi connectivity index (χ1n) is 9.29. The molecule has 0 fully saturated rings. The van der Waals surface area contributed by atoms with E-state index in [0.29, 0.717) is 38.9 Å². The molecule has 5 nitrogen and oxygen atoms in total.